The molecule has 118 valence electrons. The Kier molecular flexibility index (Phi) is 4.46. The van der Waals surface area contributed by atoms with Gasteiger partial charge >= 0.3 is 0 Å². The van der Waals surface area contributed by atoms with Gasteiger partial charge in [-0.05, 0) is 30.9 Å². The minimum atomic E-state index is -0.468. The van der Waals surface area contributed by atoms with Crippen LogP contribution in [0.3, 0.4) is 0 Å². The Hall–Kier alpha value is -1.84. The first-order chi connectivity index (χ1) is 10.7. The molecule has 1 aliphatic carbocycles. The molecule has 1 aromatic carbocycles. The van der Waals surface area contributed by atoms with Crippen LogP contribution in [0, 0.1) is 0 Å². The van der Waals surface area contributed by atoms with E-state index in [9.17, 15) is 9.59 Å². The average molecular weight is 300 g/mol. The van der Waals surface area contributed by atoms with Crippen molar-refractivity contribution in [2.24, 2.45) is 0 Å². The minimum Gasteiger partial charge on any atom is -0.351 e. The standard InChI is InChI=1S/C18H24N2O2/c1-2-20-16(21)12-13-8-6-7-11-15(13)17(20)18(22)19-14-9-4-3-5-10-14/h6-8,11,14,17H,2-5,9-10,12H2,1H3,(H,19,22). The van der Waals surface area contributed by atoms with Gasteiger partial charge in [0, 0.05) is 12.6 Å². The number of fused-ring (bicyclic) bond motifs is 1. The molecule has 1 fully saturated rings. The molecular weight excluding hydrogens is 276 g/mol. The van der Waals surface area contributed by atoms with Crippen LogP contribution < -0.4 is 5.32 Å². The zero-order valence-corrected chi connectivity index (χ0v) is 13.2. The quantitative estimate of drug-likeness (QED) is 0.932. The molecule has 3 rings (SSSR count). The molecule has 2 amide bonds. The molecule has 1 N–H and O–H groups in total. The van der Waals surface area contributed by atoms with Crippen molar-refractivity contribution in [1.82, 2.24) is 10.2 Å². The maximum atomic E-state index is 12.8. The van der Waals surface area contributed by atoms with Gasteiger partial charge in [-0.15, -0.1) is 0 Å². The second kappa shape index (κ2) is 6.51. The lowest BCUT2D eigenvalue weighted by Crippen LogP contribution is -2.49. The second-order valence-corrected chi connectivity index (χ2v) is 6.30. The molecule has 4 heteroatoms. The first kappa shape index (κ1) is 15.1. The molecule has 0 bridgehead atoms. The fourth-order valence-corrected chi connectivity index (χ4v) is 3.71. The summed E-state index contributed by atoms with van der Waals surface area (Å²) >= 11 is 0. The third-order valence-corrected chi connectivity index (χ3v) is 4.86. The van der Waals surface area contributed by atoms with Crippen molar-refractivity contribution >= 4 is 11.8 Å². The van der Waals surface area contributed by atoms with Gasteiger partial charge in [0.25, 0.3) is 0 Å². The van der Waals surface area contributed by atoms with Gasteiger partial charge in [0.15, 0.2) is 0 Å². The molecule has 0 radical (unpaired) electrons. The van der Waals surface area contributed by atoms with Crippen LogP contribution in [-0.4, -0.2) is 29.3 Å². The average Bonchev–Trinajstić information content (AvgIpc) is 2.54. The Morgan fingerprint density at radius 2 is 1.95 bits per heavy atom. The Balaban J connectivity index is 1.85. The monoisotopic (exact) mass is 300 g/mol. The molecule has 0 saturated heterocycles. The third kappa shape index (κ3) is 2.87. The fourth-order valence-electron chi connectivity index (χ4n) is 3.71. The van der Waals surface area contributed by atoms with Crippen LogP contribution in [0.1, 0.15) is 56.2 Å². The molecule has 1 unspecified atom stereocenters. The molecule has 1 saturated carbocycles. The lowest BCUT2D eigenvalue weighted by atomic mass is 9.90. The molecular formula is C18H24N2O2. The first-order valence-electron chi connectivity index (χ1n) is 8.38. The summed E-state index contributed by atoms with van der Waals surface area (Å²) in [6.45, 7) is 2.50. The van der Waals surface area contributed by atoms with E-state index in [1.165, 1.54) is 19.3 Å². The largest absolute Gasteiger partial charge is 0.351 e. The Bertz CT molecular complexity index is 564. The molecule has 1 atom stereocenters. The number of nitrogens with one attached hydrogen (secondary N) is 1. The van der Waals surface area contributed by atoms with E-state index in [0.717, 1.165) is 24.0 Å². The minimum absolute atomic E-state index is 0.0192. The zero-order valence-electron chi connectivity index (χ0n) is 13.2. The smallest absolute Gasteiger partial charge is 0.247 e. The van der Waals surface area contributed by atoms with Crippen molar-refractivity contribution in [2.45, 2.75) is 57.5 Å². The zero-order chi connectivity index (χ0) is 15.5. The van der Waals surface area contributed by atoms with Crippen LogP contribution in [0.2, 0.25) is 0 Å². The molecule has 1 aliphatic heterocycles. The Labute approximate surface area is 131 Å². The summed E-state index contributed by atoms with van der Waals surface area (Å²) < 4.78 is 0. The summed E-state index contributed by atoms with van der Waals surface area (Å²) in [6, 6.07) is 7.62. The Morgan fingerprint density at radius 3 is 2.68 bits per heavy atom. The van der Waals surface area contributed by atoms with E-state index in [0.29, 0.717) is 13.0 Å². The van der Waals surface area contributed by atoms with Gasteiger partial charge in [-0.25, -0.2) is 0 Å². The van der Waals surface area contributed by atoms with Gasteiger partial charge in [-0.1, -0.05) is 43.5 Å². The van der Waals surface area contributed by atoms with E-state index >= 15 is 0 Å². The van der Waals surface area contributed by atoms with Crippen molar-refractivity contribution in [3.63, 3.8) is 0 Å². The van der Waals surface area contributed by atoms with E-state index in [4.69, 9.17) is 0 Å². The van der Waals surface area contributed by atoms with Gasteiger partial charge in [0.1, 0.15) is 6.04 Å². The van der Waals surface area contributed by atoms with Crippen LogP contribution >= 0.6 is 0 Å². The van der Waals surface area contributed by atoms with Gasteiger partial charge in [-0.3, -0.25) is 9.59 Å². The van der Waals surface area contributed by atoms with E-state index in [2.05, 4.69) is 5.32 Å². The van der Waals surface area contributed by atoms with E-state index in [1.54, 1.807) is 4.90 Å². The van der Waals surface area contributed by atoms with Gasteiger partial charge in [0.05, 0.1) is 6.42 Å². The molecule has 0 aromatic heterocycles. The number of benzene rings is 1. The van der Waals surface area contributed by atoms with Crippen molar-refractivity contribution in [3.05, 3.63) is 35.4 Å². The van der Waals surface area contributed by atoms with Gasteiger partial charge in [-0.2, -0.15) is 0 Å². The highest BCUT2D eigenvalue weighted by Crippen LogP contribution is 2.31. The maximum Gasteiger partial charge on any atom is 0.247 e. The van der Waals surface area contributed by atoms with E-state index in [1.807, 2.05) is 31.2 Å². The molecule has 2 aliphatic rings. The summed E-state index contributed by atoms with van der Waals surface area (Å²) in [5.41, 5.74) is 1.97. The lowest BCUT2D eigenvalue weighted by Gasteiger charge is -2.36. The van der Waals surface area contributed by atoms with Crippen molar-refractivity contribution in [3.8, 4) is 0 Å². The molecule has 0 spiro atoms. The molecule has 1 aromatic rings. The number of likely N-dealkylation sites (N-methyl/N-ethyl adjacent to an activating group) is 1. The van der Waals surface area contributed by atoms with Gasteiger partial charge in [0.2, 0.25) is 11.8 Å². The SMILES string of the molecule is CCN1C(=O)Cc2ccccc2C1C(=O)NC1CCCCC1. The molecule has 4 nitrogen and oxygen atoms in total. The molecule has 22 heavy (non-hydrogen) atoms. The second-order valence-electron chi connectivity index (χ2n) is 6.30. The highest BCUT2D eigenvalue weighted by atomic mass is 16.2. The number of hydrogen-bond acceptors (Lipinski definition) is 2. The highest BCUT2D eigenvalue weighted by molar-refractivity contribution is 5.92. The van der Waals surface area contributed by atoms with Gasteiger partial charge < -0.3 is 10.2 Å². The van der Waals surface area contributed by atoms with Crippen LogP contribution in [0.4, 0.5) is 0 Å². The Morgan fingerprint density at radius 1 is 1.23 bits per heavy atom. The summed E-state index contributed by atoms with van der Waals surface area (Å²) in [7, 11) is 0. The van der Waals surface area contributed by atoms with Crippen molar-refractivity contribution < 1.29 is 9.59 Å². The summed E-state index contributed by atoms with van der Waals surface area (Å²) in [4.78, 5) is 26.9. The first-order valence-corrected chi connectivity index (χ1v) is 8.38. The maximum absolute atomic E-state index is 12.8. The van der Waals surface area contributed by atoms with Crippen LogP contribution in [0.5, 0.6) is 0 Å². The molecule has 1 heterocycles. The van der Waals surface area contributed by atoms with Crippen LogP contribution in [0.25, 0.3) is 0 Å². The predicted molar refractivity (Wildman–Crippen MR) is 85.3 cm³/mol. The number of nitrogens with zero attached hydrogens (tertiary/aromatic N) is 1. The topological polar surface area (TPSA) is 49.4 Å². The normalized spacial score (nSPS) is 22.3. The number of amides is 2. The fraction of sp³-hybridized carbons (Fsp3) is 0.556. The number of carbonyl (C=O) groups excluding carboxylic acids is 2. The number of carbonyl (C=O) groups is 2. The van der Waals surface area contributed by atoms with Crippen LogP contribution in [0.15, 0.2) is 24.3 Å². The highest BCUT2D eigenvalue weighted by Gasteiger charge is 2.36. The van der Waals surface area contributed by atoms with Crippen LogP contribution in [-0.2, 0) is 16.0 Å². The number of hydrogen-bond donors (Lipinski definition) is 1. The predicted octanol–water partition coefficient (Wildman–Crippen LogP) is 2.58. The lowest BCUT2D eigenvalue weighted by molar-refractivity contribution is -0.141. The van der Waals surface area contributed by atoms with E-state index < -0.39 is 6.04 Å². The summed E-state index contributed by atoms with van der Waals surface area (Å²) in [5, 5.41) is 3.18. The van der Waals surface area contributed by atoms with E-state index in [-0.39, 0.29) is 17.9 Å². The van der Waals surface area contributed by atoms with Crippen molar-refractivity contribution in [2.75, 3.05) is 6.54 Å². The number of rotatable bonds is 3. The summed E-state index contributed by atoms with van der Waals surface area (Å²) in [5.74, 6) is 0.0271. The summed E-state index contributed by atoms with van der Waals surface area (Å²) in [6.07, 6.45) is 6.14. The van der Waals surface area contributed by atoms with Crippen molar-refractivity contribution in [1.29, 1.82) is 0 Å². The third-order valence-electron chi connectivity index (χ3n) is 4.86.